The van der Waals surface area contributed by atoms with Crippen LogP contribution in [0.3, 0.4) is 0 Å². The highest BCUT2D eigenvalue weighted by molar-refractivity contribution is 7.09. The first-order valence-electron chi connectivity index (χ1n) is 6.18. The fourth-order valence-electron chi connectivity index (χ4n) is 1.91. The van der Waals surface area contributed by atoms with Crippen LogP contribution in [0.5, 0.6) is 0 Å². The second kappa shape index (κ2) is 5.91. The van der Waals surface area contributed by atoms with Crippen LogP contribution in [0.1, 0.15) is 16.6 Å². The number of rotatable bonds is 5. The highest BCUT2D eigenvalue weighted by Crippen LogP contribution is 2.18. The molecule has 0 radical (unpaired) electrons. The molecule has 0 saturated carbocycles. The van der Waals surface area contributed by atoms with Crippen molar-refractivity contribution in [2.45, 2.75) is 12.5 Å². The summed E-state index contributed by atoms with van der Waals surface area (Å²) in [7, 11) is 0. The summed E-state index contributed by atoms with van der Waals surface area (Å²) >= 11 is 1.60. The quantitative estimate of drug-likeness (QED) is 0.548. The Hall–Kier alpha value is -2.09. The summed E-state index contributed by atoms with van der Waals surface area (Å²) in [4.78, 5) is 6.82. The largest absolute Gasteiger partial charge is 0.271 e. The fraction of sp³-hybridized carbons (Fsp3) is 0.154. The first kappa shape index (κ1) is 12.9. The van der Waals surface area contributed by atoms with Crippen LogP contribution in [0.4, 0.5) is 0 Å². The van der Waals surface area contributed by atoms with Crippen molar-refractivity contribution in [2.75, 3.05) is 0 Å². The number of aromatic nitrogens is 4. The fourth-order valence-corrected chi connectivity index (χ4v) is 2.55. The van der Waals surface area contributed by atoms with Crippen LogP contribution in [-0.2, 0) is 6.42 Å². The molecule has 3 rings (SSSR count). The molecule has 6 nitrogen and oxygen atoms in total. The van der Waals surface area contributed by atoms with Crippen LogP contribution in [0.25, 0.3) is 5.69 Å². The Bertz CT molecular complexity index is 649. The predicted octanol–water partition coefficient (Wildman–Crippen LogP) is 1.47. The van der Waals surface area contributed by atoms with Gasteiger partial charge in [-0.3, -0.25) is 16.3 Å². The number of benzene rings is 1. The molecule has 102 valence electrons. The smallest absolute Gasteiger partial charge is 0.102 e. The van der Waals surface area contributed by atoms with Crippen molar-refractivity contribution in [1.82, 2.24) is 25.4 Å². The summed E-state index contributed by atoms with van der Waals surface area (Å²) in [6.07, 6.45) is 4.32. The lowest BCUT2D eigenvalue weighted by Gasteiger charge is -2.11. The second-order valence-corrected chi connectivity index (χ2v) is 5.26. The van der Waals surface area contributed by atoms with E-state index in [2.05, 4.69) is 20.6 Å². The first-order chi connectivity index (χ1) is 9.86. The molecule has 0 amide bonds. The molecule has 0 aliphatic heterocycles. The molecular formula is C13H14N6S. The van der Waals surface area contributed by atoms with Crippen LogP contribution >= 0.6 is 11.3 Å². The van der Waals surface area contributed by atoms with E-state index in [9.17, 15) is 0 Å². The average Bonchev–Trinajstić information content (AvgIpc) is 3.17. The third kappa shape index (κ3) is 2.74. The van der Waals surface area contributed by atoms with Gasteiger partial charge in [0.2, 0.25) is 0 Å². The summed E-state index contributed by atoms with van der Waals surface area (Å²) < 4.78 is 0. The highest BCUT2D eigenvalue weighted by atomic mass is 32.1. The van der Waals surface area contributed by atoms with Crippen molar-refractivity contribution >= 4 is 11.3 Å². The lowest BCUT2D eigenvalue weighted by atomic mass is 10.1. The topological polar surface area (TPSA) is 81.6 Å². The molecule has 2 aromatic heterocycles. The van der Waals surface area contributed by atoms with Gasteiger partial charge in [-0.1, -0.05) is 18.2 Å². The van der Waals surface area contributed by atoms with Gasteiger partial charge in [0.05, 0.1) is 23.4 Å². The third-order valence-electron chi connectivity index (χ3n) is 2.94. The second-order valence-electron chi connectivity index (χ2n) is 4.29. The van der Waals surface area contributed by atoms with Gasteiger partial charge in [-0.2, -0.15) is 15.0 Å². The zero-order chi connectivity index (χ0) is 13.8. The number of para-hydroxylation sites is 1. The maximum absolute atomic E-state index is 5.63. The third-order valence-corrected chi connectivity index (χ3v) is 3.75. The van der Waals surface area contributed by atoms with Crippen molar-refractivity contribution in [3.63, 3.8) is 0 Å². The Morgan fingerprint density at radius 3 is 2.80 bits per heavy atom. The maximum atomic E-state index is 5.63. The standard InChI is InChI=1S/C13H14N6S/c14-17-12(6-11-7-15-9-20-11)13-8-16-19(18-13)10-4-2-1-3-5-10/h1-5,7-9,12,17H,6,14H2. The molecule has 3 aromatic rings. The number of nitrogens with two attached hydrogens (primary N) is 1. The summed E-state index contributed by atoms with van der Waals surface area (Å²) in [6.45, 7) is 0. The Kier molecular flexibility index (Phi) is 3.82. The minimum absolute atomic E-state index is 0.0760. The molecular weight excluding hydrogens is 272 g/mol. The van der Waals surface area contributed by atoms with Crippen molar-refractivity contribution in [2.24, 2.45) is 5.84 Å². The molecule has 0 fully saturated rings. The van der Waals surface area contributed by atoms with Gasteiger partial charge < -0.3 is 0 Å². The van der Waals surface area contributed by atoms with Gasteiger partial charge in [-0.15, -0.1) is 11.3 Å². The summed E-state index contributed by atoms with van der Waals surface area (Å²) in [5, 5.41) is 8.76. The van der Waals surface area contributed by atoms with Gasteiger partial charge >= 0.3 is 0 Å². The van der Waals surface area contributed by atoms with E-state index in [1.54, 1.807) is 22.3 Å². The summed E-state index contributed by atoms with van der Waals surface area (Å²) in [5.74, 6) is 5.63. The number of nitrogens with one attached hydrogen (secondary N) is 1. The molecule has 0 spiro atoms. The molecule has 0 aliphatic rings. The number of hydrazine groups is 1. The molecule has 0 aliphatic carbocycles. The molecule has 2 heterocycles. The van der Waals surface area contributed by atoms with Crippen LogP contribution in [0, 0.1) is 0 Å². The minimum atomic E-state index is -0.0760. The highest BCUT2D eigenvalue weighted by Gasteiger charge is 2.15. The van der Waals surface area contributed by atoms with E-state index >= 15 is 0 Å². The zero-order valence-electron chi connectivity index (χ0n) is 10.7. The molecule has 3 N–H and O–H groups in total. The van der Waals surface area contributed by atoms with E-state index in [-0.39, 0.29) is 6.04 Å². The molecule has 1 unspecified atom stereocenters. The van der Waals surface area contributed by atoms with Gasteiger partial charge in [0.25, 0.3) is 0 Å². The molecule has 0 saturated heterocycles. The number of hydrogen-bond acceptors (Lipinski definition) is 6. The maximum Gasteiger partial charge on any atom is 0.102 e. The minimum Gasteiger partial charge on any atom is -0.271 e. The summed E-state index contributed by atoms with van der Waals surface area (Å²) in [6, 6.07) is 9.70. The molecule has 1 atom stereocenters. The zero-order valence-corrected chi connectivity index (χ0v) is 11.5. The van der Waals surface area contributed by atoms with Crippen molar-refractivity contribution in [3.8, 4) is 5.69 Å². The number of thiazole rings is 1. The van der Waals surface area contributed by atoms with E-state index in [4.69, 9.17) is 5.84 Å². The van der Waals surface area contributed by atoms with Gasteiger partial charge in [-0.25, -0.2) is 0 Å². The van der Waals surface area contributed by atoms with Crippen LogP contribution in [0.15, 0.2) is 48.2 Å². The van der Waals surface area contributed by atoms with Gasteiger partial charge in [0.1, 0.15) is 5.69 Å². The van der Waals surface area contributed by atoms with Crippen molar-refractivity contribution < 1.29 is 0 Å². The van der Waals surface area contributed by atoms with E-state index in [1.807, 2.05) is 42.0 Å². The molecule has 0 bridgehead atoms. The van der Waals surface area contributed by atoms with Crippen LogP contribution in [-0.4, -0.2) is 20.0 Å². The van der Waals surface area contributed by atoms with Gasteiger partial charge in [0, 0.05) is 17.5 Å². The monoisotopic (exact) mass is 286 g/mol. The number of hydrogen-bond donors (Lipinski definition) is 2. The average molecular weight is 286 g/mol. The SMILES string of the molecule is NNC(Cc1cncs1)c1cnn(-c2ccccc2)n1. The lowest BCUT2D eigenvalue weighted by Crippen LogP contribution is -2.29. The first-order valence-corrected chi connectivity index (χ1v) is 7.06. The molecule has 7 heteroatoms. The predicted molar refractivity (Wildman–Crippen MR) is 77.2 cm³/mol. The van der Waals surface area contributed by atoms with Gasteiger partial charge in [0.15, 0.2) is 0 Å². The molecule has 20 heavy (non-hydrogen) atoms. The number of nitrogens with zero attached hydrogens (tertiary/aromatic N) is 4. The normalized spacial score (nSPS) is 12.4. The Labute approximate surface area is 120 Å². The van der Waals surface area contributed by atoms with E-state index in [0.29, 0.717) is 0 Å². The molecule has 1 aromatic carbocycles. The lowest BCUT2D eigenvalue weighted by molar-refractivity contribution is 0.535. The Morgan fingerprint density at radius 1 is 1.25 bits per heavy atom. The summed E-state index contributed by atoms with van der Waals surface area (Å²) in [5.41, 5.74) is 6.33. The Morgan fingerprint density at radius 2 is 2.10 bits per heavy atom. The van der Waals surface area contributed by atoms with E-state index in [1.165, 1.54) is 0 Å². The van der Waals surface area contributed by atoms with E-state index < -0.39 is 0 Å². The van der Waals surface area contributed by atoms with Crippen molar-refractivity contribution in [3.05, 3.63) is 58.8 Å². The van der Waals surface area contributed by atoms with E-state index in [0.717, 1.165) is 22.7 Å². The van der Waals surface area contributed by atoms with Crippen LogP contribution < -0.4 is 11.3 Å². The van der Waals surface area contributed by atoms with Crippen LogP contribution in [0.2, 0.25) is 0 Å². The van der Waals surface area contributed by atoms with Gasteiger partial charge in [-0.05, 0) is 12.1 Å². The van der Waals surface area contributed by atoms with Crippen molar-refractivity contribution in [1.29, 1.82) is 0 Å². The Balaban J connectivity index is 1.81.